The number of nitrogens with two attached hydrogens (primary N) is 1. The molecule has 0 aromatic heterocycles. The van der Waals surface area contributed by atoms with Crippen LogP contribution in [-0.4, -0.2) is 41.0 Å². The van der Waals surface area contributed by atoms with E-state index in [0.29, 0.717) is 27.4 Å². The van der Waals surface area contributed by atoms with Gasteiger partial charge in [0.2, 0.25) is 5.91 Å². The van der Waals surface area contributed by atoms with Gasteiger partial charge < -0.3 is 16.3 Å². The third-order valence-corrected chi connectivity index (χ3v) is 4.90. The molecule has 4 N–H and O–H groups in total. The van der Waals surface area contributed by atoms with Gasteiger partial charge in [-0.2, -0.15) is 0 Å². The smallest absolute Gasteiger partial charge is 0.280 e. The molecule has 1 fully saturated rings. The standard InChI is InChI=1S/C20H19ClF2N6O4/c21-13-1-2-16(26-10-27-28-24)12(5-13)9-25-19(31)17-3-4-33-29(17)20(32)18(30)11-6-14(22)8-15(23)7-11/h1-2,5-8,10,17-18,30H,3-4,9H2,(H,25,31)(H2,24,26,27)/t17-,18?/m0/s1. The van der Waals surface area contributed by atoms with Gasteiger partial charge in [0.05, 0.1) is 12.3 Å². The maximum absolute atomic E-state index is 13.4. The Balaban J connectivity index is 1.70. The van der Waals surface area contributed by atoms with Crippen molar-refractivity contribution in [1.29, 1.82) is 0 Å². The highest BCUT2D eigenvalue weighted by molar-refractivity contribution is 6.30. The molecule has 0 saturated carbocycles. The number of carbonyl (C=O) groups excluding carboxylic acids is 2. The van der Waals surface area contributed by atoms with Crippen LogP contribution in [0.15, 0.2) is 51.7 Å². The molecule has 0 radical (unpaired) electrons. The summed E-state index contributed by atoms with van der Waals surface area (Å²) in [5.41, 5.74) is 0.695. The lowest BCUT2D eigenvalue weighted by Crippen LogP contribution is -2.46. The van der Waals surface area contributed by atoms with E-state index in [2.05, 4.69) is 20.6 Å². The van der Waals surface area contributed by atoms with E-state index in [1.54, 1.807) is 18.2 Å². The first-order valence-corrected chi connectivity index (χ1v) is 9.96. The molecule has 10 nitrogen and oxygen atoms in total. The second kappa shape index (κ2) is 10.9. The van der Waals surface area contributed by atoms with Crippen LogP contribution in [0.5, 0.6) is 0 Å². The summed E-state index contributed by atoms with van der Waals surface area (Å²) < 4.78 is 26.9. The van der Waals surface area contributed by atoms with Crippen molar-refractivity contribution in [3.05, 3.63) is 64.2 Å². The lowest BCUT2D eigenvalue weighted by molar-refractivity contribution is -0.187. The van der Waals surface area contributed by atoms with E-state index >= 15 is 0 Å². The van der Waals surface area contributed by atoms with Gasteiger partial charge in [0.25, 0.3) is 5.91 Å². The molecule has 0 bridgehead atoms. The number of amides is 2. The average Bonchev–Trinajstić information content (AvgIpc) is 3.27. The van der Waals surface area contributed by atoms with Gasteiger partial charge in [0.1, 0.15) is 24.0 Å². The molecule has 0 spiro atoms. The first-order chi connectivity index (χ1) is 15.8. The number of hydroxylamine groups is 2. The lowest BCUT2D eigenvalue weighted by Gasteiger charge is -2.24. The third-order valence-electron chi connectivity index (χ3n) is 4.67. The second-order valence-corrected chi connectivity index (χ2v) is 7.31. The molecule has 2 aromatic carbocycles. The molecule has 2 amide bonds. The minimum absolute atomic E-state index is 0.00201. The molecule has 3 rings (SSSR count). The average molecular weight is 481 g/mol. The summed E-state index contributed by atoms with van der Waals surface area (Å²) in [7, 11) is 0. The Labute approximate surface area is 191 Å². The van der Waals surface area contributed by atoms with Crippen molar-refractivity contribution in [2.45, 2.75) is 25.1 Å². The summed E-state index contributed by atoms with van der Waals surface area (Å²) in [5.74, 6) is 1.41. The van der Waals surface area contributed by atoms with Gasteiger partial charge in [0, 0.05) is 24.1 Å². The van der Waals surface area contributed by atoms with Crippen LogP contribution in [0, 0.1) is 11.6 Å². The SMILES string of the molecule is NN=NC=Nc1ccc(Cl)cc1CNC(=O)[C@@H]1CCON1C(=O)C(O)c1cc(F)cc(F)c1. The molecule has 1 aliphatic heterocycles. The first kappa shape index (κ1) is 24.2. The van der Waals surface area contributed by atoms with Crippen molar-refractivity contribution in [3.8, 4) is 0 Å². The van der Waals surface area contributed by atoms with Gasteiger partial charge in [-0.1, -0.05) is 16.8 Å². The Hall–Kier alpha value is -3.48. The Morgan fingerprint density at radius 1 is 1.30 bits per heavy atom. The molecule has 1 saturated heterocycles. The number of hydrogen-bond acceptors (Lipinski definition) is 6. The Bertz CT molecular complexity index is 1080. The predicted octanol–water partition coefficient (Wildman–Crippen LogP) is 2.49. The van der Waals surface area contributed by atoms with Crippen molar-refractivity contribution in [3.63, 3.8) is 0 Å². The fraction of sp³-hybridized carbons (Fsp3) is 0.250. The third kappa shape index (κ3) is 6.06. The summed E-state index contributed by atoms with van der Waals surface area (Å²) in [5, 5.41) is 20.5. The zero-order valence-electron chi connectivity index (χ0n) is 17.0. The first-order valence-electron chi connectivity index (χ1n) is 9.59. The number of aliphatic hydroxyl groups excluding tert-OH is 1. The lowest BCUT2D eigenvalue weighted by atomic mass is 10.1. The number of carbonyl (C=O) groups is 2. The van der Waals surface area contributed by atoms with Crippen LogP contribution in [0.4, 0.5) is 14.5 Å². The number of nitrogens with one attached hydrogen (secondary N) is 1. The molecule has 1 heterocycles. The molecule has 2 aromatic rings. The zero-order chi connectivity index (χ0) is 24.0. The minimum Gasteiger partial charge on any atom is -0.378 e. The van der Waals surface area contributed by atoms with Crippen LogP contribution in [0.2, 0.25) is 5.02 Å². The molecule has 1 unspecified atom stereocenters. The van der Waals surface area contributed by atoms with Gasteiger partial charge in [-0.15, -0.1) is 5.11 Å². The van der Waals surface area contributed by atoms with Crippen LogP contribution in [0.3, 0.4) is 0 Å². The van der Waals surface area contributed by atoms with Gasteiger partial charge in [-0.25, -0.2) is 18.8 Å². The summed E-state index contributed by atoms with van der Waals surface area (Å²) in [6.45, 7) is 0.0346. The molecular formula is C20H19ClF2N6O4. The number of halogens is 3. The van der Waals surface area contributed by atoms with E-state index in [0.717, 1.165) is 18.5 Å². The van der Waals surface area contributed by atoms with Gasteiger partial charge in [-0.05, 0) is 41.5 Å². The van der Waals surface area contributed by atoms with Crippen LogP contribution in [0.1, 0.15) is 23.7 Å². The normalized spacial score (nSPS) is 17.1. The molecule has 13 heteroatoms. The predicted molar refractivity (Wildman–Crippen MR) is 113 cm³/mol. The monoisotopic (exact) mass is 480 g/mol. The highest BCUT2D eigenvalue weighted by atomic mass is 35.5. The van der Waals surface area contributed by atoms with E-state index in [4.69, 9.17) is 22.3 Å². The summed E-state index contributed by atoms with van der Waals surface area (Å²) in [6, 6.07) is 5.98. The molecule has 33 heavy (non-hydrogen) atoms. The molecule has 2 atom stereocenters. The number of aliphatic imine (C=N–C) groups is 1. The number of rotatable bonds is 7. The molecular weight excluding hydrogens is 462 g/mol. The van der Waals surface area contributed by atoms with Gasteiger partial charge in [-0.3, -0.25) is 14.4 Å². The maximum Gasteiger partial charge on any atom is 0.280 e. The van der Waals surface area contributed by atoms with Crippen molar-refractivity contribution in [2.75, 3.05) is 6.61 Å². The Morgan fingerprint density at radius 3 is 2.73 bits per heavy atom. The Kier molecular flexibility index (Phi) is 7.98. The summed E-state index contributed by atoms with van der Waals surface area (Å²) in [4.78, 5) is 34.7. The topological polar surface area (TPSA) is 142 Å². The number of nitrogens with zero attached hydrogens (tertiary/aromatic N) is 4. The van der Waals surface area contributed by atoms with E-state index < -0.39 is 35.6 Å². The largest absolute Gasteiger partial charge is 0.378 e. The fourth-order valence-electron chi connectivity index (χ4n) is 3.16. The maximum atomic E-state index is 13.4. The number of hydrogen-bond donors (Lipinski definition) is 3. The van der Waals surface area contributed by atoms with Crippen molar-refractivity contribution >= 4 is 35.4 Å². The molecule has 1 aliphatic rings. The van der Waals surface area contributed by atoms with Crippen LogP contribution in [-0.2, 0) is 21.0 Å². The fourth-order valence-corrected chi connectivity index (χ4v) is 3.36. The number of benzene rings is 2. The zero-order valence-corrected chi connectivity index (χ0v) is 17.7. The van der Waals surface area contributed by atoms with E-state index in [1.807, 2.05) is 0 Å². The molecule has 0 aliphatic carbocycles. The highest BCUT2D eigenvalue weighted by Gasteiger charge is 2.39. The summed E-state index contributed by atoms with van der Waals surface area (Å²) in [6.07, 6.45) is -0.649. The van der Waals surface area contributed by atoms with Gasteiger partial charge in [0.15, 0.2) is 6.10 Å². The minimum atomic E-state index is -1.92. The number of aliphatic hydroxyl groups is 1. The van der Waals surface area contributed by atoms with E-state index in [-0.39, 0.29) is 25.1 Å². The van der Waals surface area contributed by atoms with Crippen molar-refractivity contribution < 1.29 is 28.3 Å². The van der Waals surface area contributed by atoms with Crippen LogP contribution < -0.4 is 11.2 Å². The highest BCUT2D eigenvalue weighted by Crippen LogP contribution is 2.25. The van der Waals surface area contributed by atoms with E-state index in [1.165, 1.54) is 0 Å². The van der Waals surface area contributed by atoms with E-state index in [9.17, 15) is 23.5 Å². The Morgan fingerprint density at radius 2 is 2.03 bits per heavy atom. The van der Waals surface area contributed by atoms with Crippen LogP contribution in [0.25, 0.3) is 0 Å². The quantitative estimate of drug-likeness (QED) is 0.183. The van der Waals surface area contributed by atoms with Gasteiger partial charge >= 0.3 is 0 Å². The van der Waals surface area contributed by atoms with Crippen molar-refractivity contribution in [2.24, 2.45) is 21.2 Å². The van der Waals surface area contributed by atoms with Crippen LogP contribution >= 0.6 is 11.6 Å². The molecule has 174 valence electrons. The second-order valence-electron chi connectivity index (χ2n) is 6.87. The summed E-state index contributed by atoms with van der Waals surface area (Å²) >= 11 is 6.02. The van der Waals surface area contributed by atoms with Crippen molar-refractivity contribution in [1.82, 2.24) is 10.4 Å².